The van der Waals surface area contributed by atoms with E-state index in [9.17, 15) is 4.79 Å². The van der Waals surface area contributed by atoms with E-state index in [-0.39, 0.29) is 5.56 Å². The number of nitrogens with one attached hydrogen (secondary N) is 1. The van der Waals surface area contributed by atoms with Crippen LogP contribution >= 0.6 is 0 Å². The molecule has 0 amide bonds. The normalized spacial score (nSPS) is 20.4. The molecule has 7 heteroatoms. The Morgan fingerprint density at radius 3 is 2.62 bits per heavy atom. The van der Waals surface area contributed by atoms with Gasteiger partial charge in [-0.25, -0.2) is 0 Å². The second kappa shape index (κ2) is 6.25. The van der Waals surface area contributed by atoms with E-state index in [4.69, 9.17) is 0 Å². The van der Waals surface area contributed by atoms with E-state index in [0.29, 0.717) is 28.9 Å². The molecule has 1 aliphatic rings. The zero-order valence-corrected chi connectivity index (χ0v) is 15.6. The molecule has 4 rings (SSSR count). The second-order valence-corrected chi connectivity index (χ2v) is 7.35. The maximum Gasteiger partial charge on any atom is 0.263 e. The number of hydrogen-bond donors (Lipinski definition) is 1. The monoisotopic (exact) mass is 352 g/mol. The molecule has 1 saturated heterocycles. The third kappa shape index (κ3) is 2.78. The van der Waals surface area contributed by atoms with Crippen LogP contribution in [0, 0.1) is 6.92 Å². The minimum atomic E-state index is -0.140. The minimum absolute atomic E-state index is 0.140. The summed E-state index contributed by atoms with van der Waals surface area (Å²) in [6, 6.07) is 9.09. The molecule has 0 saturated carbocycles. The van der Waals surface area contributed by atoms with E-state index in [1.165, 1.54) is 11.1 Å². The molecule has 7 nitrogen and oxygen atoms in total. The van der Waals surface area contributed by atoms with Gasteiger partial charge >= 0.3 is 0 Å². The van der Waals surface area contributed by atoms with Crippen LogP contribution in [0.25, 0.3) is 11.0 Å². The quantitative estimate of drug-likeness (QED) is 0.774. The fourth-order valence-corrected chi connectivity index (χ4v) is 3.79. The van der Waals surface area contributed by atoms with E-state index >= 15 is 0 Å². The van der Waals surface area contributed by atoms with Crippen molar-refractivity contribution >= 4 is 17.0 Å². The number of hydrogen-bond acceptors (Lipinski definition) is 5. The van der Waals surface area contributed by atoms with Gasteiger partial charge in [0.15, 0.2) is 5.65 Å². The van der Waals surface area contributed by atoms with E-state index in [1.54, 1.807) is 17.9 Å². The summed E-state index contributed by atoms with van der Waals surface area (Å²) in [4.78, 5) is 24.4. The van der Waals surface area contributed by atoms with Gasteiger partial charge in [-0.05, 0) is 26.6 Å². The van der Waals surface area contributed by atoms with Gasteiger partial charge in [0, 0.05) is 32.1 Å². The van der Waals surface area contributed by atoms with Crippen molar-refractivity contribution in [1.82, 2.24) is 24.6 Å². The molecule has 0 spiro atoms. The highest BCUT2D eigenvalue weighted by Gasteiger charge is 2.36. The van der Waals surface area contributed by atoms with Crippen LogP contribution < -0.4 is 10.5 Å². The summed E-state index contributed by atoms with van der Waals surface area (Å²) in [6.45, 7) is 3.74. The van der Waals surface area contributed by atoms with Crippen LogP contribution in [0.3, 0.4) is 0 Å². The molecule has 0 unspecified atom stereocenters. The molecule has 1 fully saturated rings. The first-order valence-electron chi connectivity index (χ1n) is 8.84. The summed E-state index contributed by atoms with van der Waals surface area (Å²) < 4.78 is 1.64. The van der Waals surface area contributed by atoms with E-state index < -0.39 is 0 Å². The lowest BCUT2D eigenvalue weighted by Gasteiger charge is -2.25. The number of aromatic nitrogens is 4. The Labute approximate surface area is 152 Å². The van der Waals surface area contributed by atoms with Crippen LogP contribution in [0.4, 0.5) is 5.95 Å². The molecule has 3 heterocycles. The van der Waals surface area contributed by atoms with E-state index in [2.05, 4.69) is 70.2 Å². The summed E-state index contributed by atoms with van der Waals surface area (Å²) in [5.74, 6) is 0.977. The molecule has 3 aromatic rings. The van der Waals surface area contributed by atoms with Crippen molar-refractivity contribution in [3.63, 3.8) is 0 Å². The highest BCUT2D eigenvalue weighted by Crippen LogP contribution is 2.32. The molecular formula is C19H24N6O. The first kappa shape index (κ1) is 16.8. The number of H-pyrrole nitrogens is 1. The molecule has 2 aromatic heterocycles. The second-order valence-electron chi connectivity index (χ2n) is 7.35. The Bertz CT molecular complexity index is 987. The lowest BCUT2D eigenvalue weighted by Crippen LogP contribution is -2.35. The highest BCUT2D eigenvalue weighted by molar-refractivity contribution is 5.74. The third-order valence-electron chi connectivity index (χ3n) is 5.35. The number of benzene rings is 1. The lowest BCUT2D eigenvalue weighted by atomic mass is 9.93. The molecule has 2 atom stereocenters. The number of rotatable bonds is 3. The van der Waals surface area contributed by atoms with E-state index in [0.717, 1.165) is 13.1 Å². The summed E-state index contributed by atoms with van der Waals surface area (Å²) in [5, 5.41) is 4.67. The van der Waals surface area contributed by atoms with Gasteiger partial charge in [0.25, 0.3) is 5.56 Å². The number of anilines is 1. The van der Waals surface area contributed by atoms with Crippen molar-refractivity contribution in [2.75, 3.05) is 32.1 Å². The molecule has 1 N–H and O–H groups in total. The van der Waals surface area contributed by atoms with Crippen LogP contribution in [0.1, 0.15) is 17.0 Å². The fourth-order valence-electron chi connectivity index (χ4n) is 3.79. The third-order valence-corrected chi connectivity index (χ3v) is 5.35. The van der Waals surface area contributed by atoms with Gasteiger partial charge in [0.1, 0.15) is 5.39 Å². The SMILES string of the molecule is Cc1ccc([C@@H]2CN(c3nc4c(cnn4C)c(=O)[nH]3)C[C@H]2N(C)C)cc1. The van der Waals surface area contributed by atoms with Crippen molar-refractivity contribution in [3.05, 3.63) is 51.9 Å². The van der Waals surface area contributed by atoms with Crippen LogP contribution in [-0.4, -0.2) is 57.9 Å². The summed E-state index contributed by atoms with van der Waals surface area (Å²) in [7, 11) is 6.02. The molecule has 1 aliphatic heterocycles. The number of aromatic amines is 1. The zero-order chi connectivity index (χ0) is 18.4. The molecule has 26 heavy (non-hydrogen) atoms. The Morgan fingerprint density at radius 1 is 1.19 bits per heavy atom. The Morgan fingerprint density at radius 2 is 1.92 bits per heavy atom. The molecule has 0 aliphatic carbocycles. The predicted molar refractivity (Wildman–Crippen MR) is 103 cm³/mol. The fraction of sp³-hybridized carbons (Fsp3) is 0.421. The smallest absolute Gasteiger partial charge is 0.263 e. The average molecular weight is 352 g/mol. The van der Waals surface area contributed by atoms with Crippen LogP contribution in [-0.2, 0) is 7.05 Å². The number of nitrogens with zero attached hydrogens (tertiary/aromatic N) is 5. The summed E-state index contributed by atoms with van der Waals surface area (Å²) in [5.41, 5.74) is 3.06. The van der Waals surface area contributed by atoms with Gasteiger partial charge in [0.05, 0.1) is 6.20 Å². The van der Waals surface area contributed by atoms with E-state index in [1.807, 2.05) is 0 Å². The van der Waals surface area contributed by atoms with Crippen molar-refractivity contribution < 1.29 is 0 Å². The van der Waals surface area contributed by atoms with Crippen molar-refractivity contribution in [2.24, 2.45) is 7.05 Å². The molecule has 0 radical (unpaired) electrons. The number of likely N-dealkylation sites (N-methyl/N-ethyl adjacent to an activating group) is 1. The van der Waals surface area contributed by atoms with Crippen molar-refractivity contribution in [2.45, 2.75) is 18.9 Å². The Kier molecular flexibility index (Phi) is 4.03. The van der Waals surface area contributed by atoms with Crippen molar-refractivity contribution in [3.8, 4) is 0 Å². The van der Waals surface area contributed by atoms with Gasteiger partial charge in [-0.15, -0.1) is 0 Å². The summed E-state index contributed by atoms with van der Waals surface area (Å²) in [6.07, 6.45) is 1.56. The molecular weight excluding hydrogens is 328 g/mol. The summed E-state index contributed by atoms with van der Waals surface area (Å²) >= 11 is 0. The van der Waals surface area contributed by atoms with Gasteiger partial charge in [-0.1, -0.05) is 29.8 Å². The maximum atomic E-state index is 12.4. The standard InChI is InChI=1S/C19H24N6O/c1-12-5-7-13(8-6-12)15-10-25(11-16(15)23(2)3)19-21-17-14(18(26)22-19)9-20-24(17)4/h5-9,15-16H,10-11H2,1-4H3,(H,21,22,26)/t15-,16+/m0/s1. The van der Waals surface area contributed by atoms with Gasteiger partial charge in [0.2, 0.25) is 5.95 Å². The van der Waals surface area contributed by atoms with Gasteiger partial charge < -0.3 is 9.80 Å². The van der Waals surface area contributed by atoms with Crippen LogP contribution in [0.5, 0.6) is 0 Å². The molecule has 0 bridgehead atoms. The van der Waals surface area contributed by atoms with Crippen molar-refractivity contribution in [1.29, 1.82) is 0 Å². The first-order chi connectivity index (χ1) is 12.4. The largest absolute Gasteiger partial charge is 0.340 e. The number of aryl methyl sites for hydroxylation is 2. The Hall–Kier alpha value is -2.67. The number of fused-ring (bicyclic) bond motifs is 1. The van der Waals surface area contributed by atoms with Gasteiger partial charge in [-0.3, -0.25) is 14.5 Å². The zero-order valence-electron chi connectivity index (χ0n) is 15.6. The molecule has 136 valence electrons. The van der Waals surface area contributed by atoms with Crippen LogP contribution in [0.2, 0.25) is 0 Å². The Balaban J connectivity index is 1.71. The maximum absolute atomic E-state index is 12.4. The minimum Gasteiger partial charge on any atom is -0.340 e. The van der Waals surface area contributed by atoms with Gasteiger partial charge in [-0.2, -0.15) is 10.1 Å². The first-order valence-corrected chi connectivity index (χ1v) is 8.84. The average Bonchev–Trinajstić information content (AvgIpc) is 3.21. The topological polar surface area (TPSA) is 70.0 Å². The molecule has 1 aromatic carbocycles. The lowest BCUT2D eigenvalue weighted by molar-refractivity contribution is 0.292. The predicted octanol–water partition coefficient (Wildman–Crippen LogP) is 1.50. The van der Waals surface area contributed by atoms with Crippen LogP contribution in [0.15, 0.2) is 35.3 Å². The highest BCUT2D eigenvalue weighted by atomic mass is 16.1.